The van der Waals surface area contributed by atoms with Crippen LogP contribution in [0.25, 0.3) is 16.6 Å². The molecule has 12 heteroatoms. The number of anilines is 1. The molecule has 0 bridgehead atoms. The van der Waals surface area contributed by atoms with Gasteiger partial charge in [0.25, 0.3) is 5.56 Å². The molecule has 0 aliphatic carbocycles. The molecule has 1 aliphatic rings. The summed E-state index contributed by atoms with van der Waals surface area (Å²) >= 11 is 0. The number of nitriles is 1. The van der Waals surface area contributed by atoms with Crippen molar-refractivity contribution in [1.82, 2.24) is 14.5 Å². The number of hydrogen-bond acceptors (Lipinski definition) is 7. The summed E-state index contributed by atoms with van der Waals surface area (Å²) in [5, 5.41) is 12.1. The molecule has 1 atom stereocenters. The number of aryl methyl sites for hydroxylation is 1. The molecule has 182 valence electrons. The fourth-order valence-electron chi connectivity index (χ4n) is 4.01. The zero-order chi connectivity index (χ0) is 25.5. The number of allylic oxidation sites excluding steroid dienone is 1. The van der Waals surface area contributed by atoms with Crippen LogP contribution in [0.3, 0.4) is 0 Å². The Morgan fingerprint density at radius 3 is 2.69 bits per heavy atom. The van der Waals surface area contributed by atoms with Crippen LogP contribution < -0.4 is 10.9 Å². The molecule has 8 nitrogen and oxygen atoms in total. The zero-order valence-corrected chi connectivity index (χ0v) is 19.5. The first kappa shape index (κ1) is 24.4. The van der Waals surface area contributed by atoms with Crippen molar-refractivity contribution in [2.45, 2.75) is 25.3 Å². The van der Waals surface area contributed by atoms with Crippen LogP contribution in [0, 0.1) is 17.1 Å². The van der Waals surface area contributed by atoms with Crippen molar-refractivity contribution < 1.29 is 21.6 Å². The third-order valence-corrected chi connectivity index (χ3v) is 7.44. The Labute approximate surface area is 198 Å². The van der Waals surface area contributed by atoms with Crippen LogP contribution in [0.15, 0.2) is 41.5 Å². The maximum absolute atomic E-state index is 14.9. The van der Waals surface area contributed by atoms with E-state index in [1.165, 1.54) is 43.1 Å². The van der Waals surface area contributed by atoms with Crippen molar-refractivity contribution in [2.75, 3.05) is 16.8 Å². The Hall–Kier alpha value is -3.72. The number of halogens is 3. The summed E-state index contributed by atoms with van der Waals surface area (Å²) < 4.78 is 67.5. The number of alkyl halides is 2. The predicted molar refractivity (Wildman–Crippen MR) is 124 cm³/mol. The Morgan fingerprint density at radius 2 is 2.03 bits per heavy atom. The van der Waals surface area contributed by atoms with Gasteiger partial charge in [-0.25, -0.2) is 22.8 Å². The van der Waals surface area contributed by atoms with Gasteiger partial charge in [0.15, 0.2) is 9.84 Å². The fraction of sp³-hybridized carbons (Fsp3) is 0.304. The first-order valence-corrected chi connectivity index (χ1v) is 12.4. The van der Waals surface area contributed by atoms with Gasteiger partial charge in [0.1, 0.15) is 29.7 Å². The number of sulfone groups is 1. The number of benzene rings is 1. The lowest BCUT2D eigenvalue weighted by molar-refractivity contribution is 0.0569. The predicted octanol–water partition coefficient (Wildman–Crippen LogP) is 3.46. The molecule has 1 aromatic carbocycles. The molecule has 0 fully saturated rings. The van der Waals surface area contributed by atoms with Crippen molar-refractivity contribution in [3.63, 3.8) is 0 Å². The highest BCUT2D eigenvalue weighted by Crippen LogP contribution is 2.34. The molecule has 0 radical (unpaired) electrons. The number of aromatic nitrogens is 3. The third-order valence-electron chi connectivity index (χ3n) is 5.94. The van der Waals surface area contributed by atoms with Crippen LogP contribution in [0.4, 0.5) is 19.0 Å². The Morgan fingerprint density at radius 1 is 1.29 bits per heavy atom. The number of pyridine rings is 1. The van der Waals surface area contributed by atoms with Crippen LogP contribution in [-0.2, 0) is 22.8 Å². The van der Waals surface area contributed by atoms with Crippen molar-refractivity contribution in [1.29, 1.82) is 5.26 Å². The van der Waals surface area contributed by atoms with Crippen molar-refractivity contribution in [3.05, 3.63) is 69.5 Å². The highest BCUT2D eigenvalue weighted by molar-refractivity contribution is 7.91. The van der Waals surface area contributed by atoms with E-state index in [0.29, 0.717) is 16.5 Å². The van der Waals surface area contributed by atoms with Gasteiger partial charge in [-0.15, -0.1) is 0 Å². The standard InChI is InChI=1S/C23H20F3N5O3S/c1-13(15-4-3-5-18(19(15)24)23(25,26)11-27)30-20-17-10-16(14-6-8-35(33,34)9-7-14)22(32)31(2)21(17)29-12-28-20/h3-6,10,12-13H,7-9H2,1-2H3,(H,28,29,30)/t13-/m0/s1. The van der Waals surface area contributed by atoms with Crippen LogP contribution in [0.5, 0.6) is 0 Å². The Balaban J connectivity index is 1.78. The minimum absolute atomic E-state index is 0.0730. The van der Waals surface area contributed by atoms with Gasteiger partial charge in [-0.05, 0) is 31.1 Å². The summed E-state index contributed by atoms with van der Waals surface area (Å²) in [6.07, 6.45) is 2.90. The summed E-state index contributed by atoms with van der Waals surface area (Å²) in [6, 6.07) is 4.92. The topological polar surface area (TPSA) is 118 Å². The first-order chi connectivity index (χ1) is 16.4. The second-order valence-corrected chi connectivity index (χ2v) is 10.5. The van der Waals surface area contributed by atoms with E-state index < -0.39 is 33.2 Å². The lowest BCUT2D eigenvalue weighted by Crippen LogP contribution is -2.24. The molecule has 0 saturated carbocycles. The molecule has 0 unspecified atom stereocenters. The highest BCUT2D eigenvalue weighted by atomic mass is 32.2. The first-order valence-electron chi connectivity index (χ1n) is 10.5. The number of nitrogens with zero attached hydrogens (tertiary/aromatic N) is 4. The van der Waals surface area contributed by atoms with Crippen LogP contribution >= 0.6 is 0 Å². The molecule has 2 aromatic heterocycles. The average molecular weight is 504 g/mol. The van der Waals surface area contributed by atoms with E-state index in [4.69, 9.17) is 5.26 Å². The molecule has 1 aliphatic heterocycles. The molecule has 4 rings (SSSR count). The maximum atomic E-state index is 14.9. The molecule has 0 amide bonds. The number of hydrogen-bond donors (Lipinski definition) is 1. The molecule has 0 spiro atoms. The molecule has 3 aromatic rings. The number of rotatable bonds is 5. The van der Waals surface area contributed by atoms with E-state index in [9.17, 15) is 26.4 Å². The van der Waals surface area contributed by atoms with E-state index >= 15 is 0 Å². The van der Waals surface area contributed by atoms with E-state index in [1.807, 2.05) is 0 Å². The largest absolute Gasteiger partial charge is 0.363 e. The SMILES string of the molecule is C[C@H](Nc1ncnc2c1cc(C1=CCS(=O)(=O)CC1)c(=O)n2C)c1cccc(C(F)(F)C#N)c1F. The second kappa shape index (κ2) is 8.81. The van der Waals surface area contributed by atoms with Crippen LogP contribution in [0.1, 0.15) is 36.1 Å². The molecule has 3 heterocycles. The lowest BCUT2D eigenvalue weighted by Gasteiger charge is -2.20. The molecular formula is C23H20F3N5O3S. The zero-order valence-electron chi connectivity index (χ0n) is 18.7. The lowest BCUT2D eigenvalue weighted by atomic mass is 10.00. The Bertz CT molecular complexity index is 1580. The summed E-state index contributed by atoms with van der Waals surface area (Å²) in [6.45, 7) is 1.54. The second-order valence-electron chi connectivity index (χ2n) is 8.24. The maximum Gasteiger partial charge on any atom is 0.360 e. The van der Waals surface area contributed by atoms with E-state index in [0.717, 1.165) is 12.1 Å². The summed E-state index contributed by atoms with van der Waals surface area (Å²) in [7, 11) is -1.68. The van der Waals surface area contributed by atoms with Gasteiger partial charge in [0.2, 0.25) is 0 Å². The summed E-state index contributed by atoms with van der Waals surface area (Å²) in [4.78, 5) is 21.3. The van der Waals surface area contributed by atoms with Gasteiger partial charge in [-0.2, -0.15) is 14.0 Å². The van der Waals surface area contributed by atoms with Crippen molar-refractivity contribution in [3.8, 4) is 6.07 Å². The van der Waals surface area contributed by atoms with Crippen LogP contribution in [-0.4, -0.2) is 34.5 Å². The quantitative estimate of drug-likeness (QED) is 0.567. The smallest absolute Gasteiger partial charge is 0.360 e. The summed E-state index contributed by atoms with van der Waals surface area (Å²) in [5.74, 6) is -5.22. The van der Waals surface area contributed by atoms with Gasteiger partial charge < -0.3 is 5.32 Å². The number of nitrogens with one attached hydrogen (secondary N) is 1. The fourth-order valence-corrected chi connectivity index (χ4v) is 5.16. The molecule has 35 heavy (non-hydrogen) atoms. The van der Waals surface area contributed by atoms with Crippen LogP contribution in [0.2, 0.25) is 0 Å². The summed E-state index contributed by atoms with van der Waals surface area (Å²) in [5.41, 5.74) is -0.335. The van der Waals surface area contributed by atoms with E-state index in [2.05, 4.69) is 15.3 Å². The Kier molecular flexibility index (Phi) is 6.14. The van der Waals surface area contributed by atoms with Crippen molar-refractivity contribution >= 4 is 32.3 Å². The van der Waals surface area contributed by atoms with Gasteiger partial charge in [-0.3, -0.25) is 9.36 Å². The molecular weight excluding hydrogens is 483 g/mol. The van der Waals surface area contributed by atoms with Gasteiger partial charge in [0.05, 0.1) is 28.5 Å². The monoisotopic (exact) mass is 503 g/mol. The minimum atomic E-state index is -3.99. The number of fused-ring (bicyclic) bond motifs is 1. The molecule has 1 N–H and O–H groups in total. The van der Waals surface area contributed by atoms with Gasteiger partial charge >= 0.3 is 5.92 Å². The molecule has 0 saturated heterocycles. The minimum Gasteiger partial charge on any atom is -0.363 e. The normalized spacial score (nSPS) is 16.4. The van der Waals surface area contributed by atoms with Gasteiger partial charge in [0, 0.05) is 18.2 Å². The van der Waals surface area contributed by atoms with Gasteiger partial charge in [-0.1, -0.05) is 18.2 Å². The van der Waals surface area contributed by atoms with E-state index in [1.54, 1.807) is 6.07 Å². The highest BCUT2D eigenvalue weighted by Gasteiger charge is 2.35. The van der Waals surface area contributed by atoms with Crippen molar-refractivity contribution in [2.24, 2.45) is 7.05 Å². The van der Waals surface area contributed by atoms with E-state index in [-0.39, 0.29) is 40.5 Å². The average Bonchev–Trinajstić information content (AvgIpc) is 2.82. The third kappa shape index (κ3) is 4.51.